The van der Waals surface area contributed by atoms with E-state index in [1.807, 2.05) is 0 Å². The maximum atomic E-state index is 13.3. The van der Waals surface area contributed by atoms with Gasteiger partial charge >= 0.3 is 11.9 Å². The van der Waals surface area contributed by atoms with Crippen LogP contribution in [0.2, 0.25) is 0 Å². The van der Waals surface area contributed by atoms with Crippen LogP contribution in [0.1, 0.15) is 19.4 Å². The fourth-order valence-electron chi connectivity index (χ4n) is 1.57. The predicted molar refractivity (Wildman–Crippen MR) is 68.3 cm³/mol. The van der Waals surface area contributed by atoms with E-state index in [0.29, 0.717) is 5.56 Å². The van der Waals surface area contributed by atoms with Crippen LogP contribution >= 0.6 is 15.9 Å². The number of carbonyl (C=O) groups excluding carboxylic acids is 2. The molecule has 1 fully saturated rings. The minimum Gasteiger partial charge on any atom is -0.419 e. The molecule has 0 aliphatic carbocycles. The molecule has 100 valence electrons. The van der Waals surface area contributed by atoms with Gasteiger partial charge in [0.1, 0.15) is 11.4 Å². The topological polar surface area (TPSA) is 52.6 Å². The summed E-state index contributed by atoms with van der Waals surface area (Å²) >= 11 is 3.05. The largest absolute Gasteiger partial charge is 0.419 e. The maximum Gasteiger partial charge on any atom is 0.348 e. The maximum absolute atomic E-state index is 13.3. The van der Waals surface area contributed by atoms with Crippen LogP contribution in [-0.4, -0.2) is 17.7 Å². The van der Waals surface area contributed by atoms with Gasteiger partial charge in [-0.2, -0.15) is 0 Å². The number of benzene rings is 1. The monoisotopic (exact) mass is 328 g/mol. The van der Waals surface area contributed by atoms with E-state index in [1.54, 1.807) is 6.07 Å². The van der Waals surface area contributed by atoms with Gasteiger partial charge in [-0.15, -0.1) is 0 Å². The van der Waals surface area contributed by atoms with E-state index in [9.17, 15) is 14.0 Å². The number of carbonyl (C=O) groups is 2. The fraction of sp³-hybridized carbons (Fsp3) is 0.231. The number of esters is 2. The van der Waals surface area contributed by atoms with E-state index in [1.165, 1.54) is 32.1 Å². The molecule has 0 aromatic heterocycles. The first kappa shape index (κ1) is 13.7. The van der Waals surface area contributed by atoms with Gasteiger partial charge in [0, 0.05) is 13.8 Å². The highest BCUT2D eigenvalue weighted by atomic mass is 79.9. The van der Waals surface area contributed by atoms with E-state index < -0.39 is 23.5 Å². The molecule has 1 aromatic carbocycles. The lowest BCUT2D eigenvalue weighted by Crippen LogP contribution is -2.41. The Hall–Kier alpha value is -1.69. The first-order chi connectivity index (χ1) is 8.80. The van der Waals surface area contributed by atoms with Crippen LogP contribution in [0, 0.1) is 5.82 Å². The summed E-state index contributed by atoms with van der Waals surface area (Å²) in [5, 5.41) is 0. The summed E-state index contributed by atoms with van der Waals surface area (Å²) in [5.74, 6) is -3.37. The Morgan fingerprint density at radius 1 is 1.21 bits per heavy atom. The minimum atomic E-state index is -1.29. The second-order valence-corrected chi connectivity index (χ2v) is 5.17. The fourth-order valence-corrected chi connectivity index (χ4v) is 1.94. The third-order valence-electron chi connectivity index (χ3n) is 2.40. The van der Waals surface area contributed by atoms with Crippen molar-refractivity contribution >= 4 is 33.9 Å². The summed E-state index contributed by atoms with van der Waals surface area (Å²) in [4.78, 5) is 23.4. The Kier molecular flexibility index (Phi) is 3.45. The summed E-state index contributed by atoms with van der Waals surface area (Å²) in [6, 6.07) is 4.28. The number of ether oxygens (including phenoxy) is 2. The number of cyclic esters (lactones) is 2. The number of rotatable bonds is 1. The number of hydrogen-bond donors (Lipinski definition) is 0. The van der Waals surface area contributed by atoms with Crippen molar-refractivity contribution in [3.8, 4) is 0 Å². The third kappa shape index (κ3) is 2.84. The SMILES string of the molecule is CC1(C)OC(=O)C(=Cc2cccc(F)c2Br)C(=O)O1. The molecule has 0 amide bonds. The Balaban J connectivity index is 2.41. The molecule has 2 rings (SSSR count). The molecule has 0 bridgehead atoms. The molecule has 1 aliphatic heterocycles. The van der Waals surface area contributed by atoms with Crippen LogP contribution in [0.15, 0.2) is 28.2 Å². The summed E-state index contributed by atoms with van der Waals surface area (Å²) in [5.41, 5.74) is 0.0780. The summed E-state index contributed by atoms with van der Waals surface area (Å²) in [7, 11) is 0. The highest BCUT2D eigenvalue weighted by Gasteiger charge is 2.38. The standard InChI is InChI=1S/C13H10BrFO4/c1-13(2)18-11(16)8(12(17)19-13)6-7-4-3-5-9(15)10(7)14/h3-6H,1-2H3. The Morgan fingerprint density at radius 3 is 2.37 bits per heavy atom. The highest BCUT2D eigenvalue weighted by Crippen LogP contribution is 2.27. The van der Waals surface area contributed by atoms with Gasteiger partial charge in [-0.05, 0) is 33.6 Å². The van der Waals surface area contributed by atoms with Gasteiger partial charge in [0.25, 0.3) is 5.79 Å². The Labute approximate surface area is 117 Å². The molecule has 0 saturated carbocycles. The first-order valence-electron chi connectivity index (χ1n) is 5.42. The summed E-state index contributed by atoms with van der Waals surface area (Å²) in [6.45, 7) is 2.91. The molecule has 1 aromatic rings. The van der Waals surface area contributed by atoms with Crippen LogP contribution in [0.25, 0.3) is 6.08 Å². The van der Waals surface area contributed by atoms with Crippen molar-refractivity contribution in [3.05, 3.63) is 39.6 Å². The molecule has 0 N–H and O–H groups in total. The summed E-state index contributed by atoms with van der Waals surface area (Å²) in [6.07, 6.45) is 1.23. The third-order valence-corrected chi connectivity index (χ3v) is 3.23. The van der Waals surface area contributed by atoms with E-state index in [2.05, 4.69) is 15.9 Å². The van der Waals surface area contributed by atoms with Crippen molar-refractivity contribution in [1.82, 2.24) is 0 Å². The van der Waals surface area contributed by atoms with E-state index >= 15 is 0 Å². The number of halogens is 2. The highest BCUT2D eigenvalue weighted by molar-refractivity contribution is 9.10. The van der Waals surface area contributed by atoms with Crippen molar-refractivity contribution < 1.29 is 23.5 Å². The van der Waals surface area contributed by atoms with Crippen LogP contribution in [0.5, 0.6) is 0 Å². The van der Waals surface area contributed by atoms with Gasteiger partial charge in [-0.25, -0.2) is 14.0 Å². The first-order valence-corrected chi connectivity index (χ1v) is 6.22. The second-order valence-electron chi connectivity index (χ2n) is 4.38. The van der Waals surface area contributed by atoms with Gasteiger partial charge < -0.3 is 9.47 Å². The van der Waals surface area contributed by atoms with Gasteiger partial charge in [0.05, 0.1) is 4.47 Å². The second kappa shape index (κ2) is 4.77. The molecule has 0 spiro atoms. The quantitative estimate of drug-likeness (QED) is 0.452. The minimum absolute atomic E-state index is 0.160. The average Bonchev–Trinajstić information content (AvgIpc) is 2.27. The normalized spacial score (nSPS) is 17.8. The molecule has 0 unspecified atom stereocenters. The van der Waals surface area contributed by atoms with Crippen LogP contribution in [0.3, 0.4) is 0 Å². The smallest absolute Gasteiger partial charge is 0.348 e. The molecule has 1 aliphatic rings. The summed E-state index contributed by atoms with van der Waals surface area (Å²) < 4.78 is 23.4. The van der Waals surface area contributed by atoms with Crippen LogP contribution in [0.4, 0.5) is 4.39 Å². The van der Waals surface area contributed by atoms with Gasteiger partial charge in [-0.3, -0.25) is 0 Å². The molecular weight excluding hydrogens is 319 g/mol. The van der Waals surface area contributed by atoms with E-state index in [4.69, 9.17) is 9.47 Å². The molecule has 0 atom stereocenters. The van der Waals surface area contributed by atoms with Crippen LogP contribution < -0.4 is 0 Å². The van der Waals surface area contributed by atoms with Gasteiger partial charge in [0.2, 0.25) is 0 Å². The number of hydrogen-bond acceptors (Lipinski definition) is 4. The Morgan fingerprint density at radius 2 is 1.79 bits per heavy atom. The van der Waals surface area contributed by atoms with Gasteiger partial charge in [0.15, 0.2) is 0 Å². The average molecular weight is 329 g/mol. The van der Waals surface area contributed by atoms with Crippen molar-refractivity contribution in [3.63, 3.8) is 0 Å². The zero-order chi connectivity index (χ0) is 14.2. The van der Waals surface area contributed by atoms with Crippen molar-refractivity contribution in [2.45, 2.75) is 19.6 Å². The molecule has 1 saturated heterocycles. The lowest BCUT2D eigenvalue weighted by Gasteiger charge is -2.29. The molecule has 19 heavy (non-hydrogen) atoms. The van der Waals surface area contributed by atoms with Crippen molar-refractivity contribution in [2.75, 3.05) is 0 Å². The van der Waals surface area contributed by atoms with E-state index in [0.717, 1.165) is 0 Å². The molecule has 0 radical (unpaired) electrons. The molecular formula is C13H10BrFO4. The van der Waals surface area contributed by atoms with Crippen LogP contribution in [-0.2, 0) is 19.1 Å². The predicted octanol–water partition coefficient (Wildman–Crippen LogP) is 2.81. The van der Waals surface area contributed by atoms with Crippen molar-refractivity contribution in [1.29, 1.82) is 0 Å². The molecule has 1 heterocycles. The zero-order valence-electron chi connectivity index (χ0n) is 10.2. The zero-order valence-corrected chi connectivity index (χ0v) is 11.8. The van der Waals surface area contributed by atoms with Gasteiger partial charge in [-0.1, -0.05) is 12.1 Å². The van der Waals surface area contributed by atoms with E-state index in [-0.39, 0.29) is 10.0 Å². The lowest BCUT2D eigenvalue weighted by molar-refractivity contribution is -0.222. The molecule has 4 nitrogen and oxygen atoms in total. The van der Waals surface area contributed by atoms with Crippen molar-refractivity contribution in [2.24, 2.45) is 0 Å². The lowest BCUT2D eigenvalue weighted by atomic mass is 10.1. The Bertz CT molecular complexity index is 570. The molecule has 6 heteroatoms.